The molecule has 0 amide bonds. The number of fused-ring (bicyclic) bond motifs is 1. The van der Waals surface area contributed by atoms with Gasteiger partial charge in [0.05, 0.1) is 5.52 Å². The second-order valence-electron chi connectivity index (χ2n) is 2.22. The van der Waals surface area contributed by atoms with Gasteiger partial charge in [-0.2, -0.15) is 0 Å². The van der Waals surface area contributed by atoms with Gasteiger partial charge in [0.15, 0.2) is 5.58 Å². The molecule has 0 aliphatic heterocycles. The molecule has 7 nitrogen and oxygen atoms in total. The Bertz CT molecular complexity index is 444. The Morgan fingerprint density at radius 3 is 2.12 bits per heavy atom. The summed E-state index contributed by atoms with van der Waals surface area (Å²) in [6.07, 6.45) is 0. The second kappa shape index (κ2) is 7.80. The van der Waals surface area contributed by atoms with Crippen LogP contribution in [0.4, 0.5) is 0 Å². The molecule has 2 aromatic rings. The normalized spacial score (nSPS) is 8.00. The summed E-state index contributed by atoms with van der Waals surface area (Å²) in [4.78, 5) is 29.8. The molecule has 0 radical (unpaired) electrons. The first-order valence-electron chi connectivity index (χ1n) is 3.93. The summed E-state index contributed by atoms with van der Waals surface area (Å²) in [7, 11) is 0. The number of hydrogen-bond donors (Lipinski definition) is 3. The number of oxazole rings is 1. The average Bonchev–Trinajstić information content (AvgIpc) is 2.60. The Labute approximate surface area is 88.9 Å². The van der Waals surface area contributed by atoms with Crippen molar-refractivity contribution in [2.45, 2.75) is 0 Å². The first-order chi connectivity index (χ1) is 7.69. The molecule has 86 valence electrons. The number of H-pyrrole nitrogens is 1. The van der Waals surface area contributed by atoms with Crippen molar-refractivity contribution in [2.24, 2.45) is 0 Å². The second-order valence-corrected chi connectivity index (χ2v) is 2.22. The molecule has 2 rings (SSSR count). The quantitative estimate of drug-likeness (QED) is 0.564. The van der Waals surface area contributed by atoms with Gasteiger partial charge in [0, 0.05) is 0 Å². The van der Waals surface area contributed by atoms with Crippen LogP contribution in [0.3, 0.4) is 0 Å². The molecule has 0 spiro atoms. The van der Waals surface area contributed by atoms with Crippen molar-refractivity contribution in [3.63, 3.8) is 0 Å². The highest BCUT2D eigenvalue weighted by atomic mass is 16.4. The average molecular weight is 227 g/mol. The summed E-state index contributed by atoms with van der Waals surface area (Å²) in [5.74, 6) is -0.402. The minimum absolute atomic E-state index is 0.250. The molecule has 0 atom stereocenters. The maximum atomic E-state index is 10.6. The molecule has 0 bridgehead atoms. The molecule has 0 aliphatic rings. The Kier molecular flexibility index (Phi) is 6.55. The molecular weight excluding hydrogens is 218 g/mol. The zero-order valence-corrected chi connectivity index (χ0v) is 7.99. The number of para-hydroxylation sites is 2. The van der Waals surface area contributed by atoms with Gasteiger partial charge in [0.1, 0.15) is 0 Å². The highest BCUT2D eigenvalue weighted by Crippen LogP contribution is 2.06. The fraction of sp³-hybridized carbons (Fsp3) is 0. The van der Waals surface area contributed by atoms with Crippen molar-refractivity contribution in [1.82, 2.24) is 4.98 Å². The van der Waals surface area contributed by atoms with Crippen molar-refractivity contribution < 1.29 is 24.2 Å². The summed E-state index contributed by atoms with van der Waals surface area (Å²) in [5, 5.41) is 13.8. The molecular formula is C9H9NO6. The van der Waals surface area contributed by atoms with Crippen LogP contribution in [0.1, 0.15) is 0 Å². The number of aromatic amines is 1. The van der Waals surface area contributed by atoms with E-state index in [0.717, 1.165) is 5.52 Å². The van der Waals surface area contributed by atoms with Crippen LogP contribution in [0, 0.1) is 0 Å². The lowest BCUT2D eigenvalue weighted by Gasteiger charge is -1.79. The predicted octanol–water partition coefficient (Wildman–Crippen LogP) is 0.523. The van der Waals surface area contributed by atoms with E-state index in [2.05, 4.69) is 4.98 Å². The van der Waals surface area contributed by atoms with E-state index in [0.29, 0.717) is 5.58 Å². The van der Waals surface area contributed by atoms with E-state index >= 15 is 0 Å². The fourth-order valence-electron chi connectivity index (χ4n) is 0.894. The van der Waals surface area contributed by atoms with Crippen molar-refractivity contribution in [3.05, 3.63) is 34.8 Å². The van der Waals surface area contributed by atoms with E-state index < -0.39 is 5.76 Å². The van der Waals surface area contributed by atoms with Crippen LogP contribution in [-0.2, 0) is 9.59 Å². The van der Waals surface area contributed by atoms with Gasteiger partial charge < -0.3 is 14.6 Å². The summed E-state index contributed by atoms with van der Waals surface area (Å²) < 4.78 is 4.76. The third kappa shape index (κ3) is 4.61. The Hall–Kier alpha value is -2.57. The number of hydrogen-bond acceptors (Lipinski definition) is 4. The molecule has 0 unspecified atom stereocenters. The molecule has 7 heteroatoms. The highest BCUT2D eigenvalue weighted by Gasteiger charge is 1.95. The van der Waals surface area contributed by atoms with Crippen LogP contribution >= 0.6 is 0 Å². The molecule has 16 heavy (non-hydrogen) atoms. The molecule has 0 saturated carbocycles. The first-order valence-corrected chi connectivity index (χ1v) is 3.93. The summed E-state index contributed by atoms with van der Waals surface area (Å²) >= 11 is 0. The molecule has 0 fully saturated rings. The van der Waals surface area contributed by atoms with E-state index in [-0.39, 0.29) is 12.9 Å². The van der Waals surface area contributed by atoms with E-state index in [1.807, 2.05) is 12.1 Å². The topological polar surface area (TPSA) is 121 Å². The smallest absolute Gasteiger partial charge is 0.417 e. The molecule has 0 aliphatic carbocycles. The Balaban J connectivity index is 0.000000321. The highest BCUT2D eigenvalue weighted by molar-refractivity contribution is 5.71. The van der Waals surface area contributed by atoms with Gasteiger partial charge in [0.25, 0.3) is 12.9 Å². The molecule has 1 aromatic heterocycles. The van der Waals surface area contributed by atoms with Crippen LogP contribution in [0.5, 0.6) is 0 Å². The van der Waals surface area contributed by atoms with Gasteiger partial charge in [-0.15, -0.1) is 0 Å². The van der Waals surface area contributed by atoms with Gasteiger partial charge in [-0.25, -0.2) is 4.79 Å². The standard InChI is InChI=1S/C7H5NO2.2CH2O2/c9-7-8-5-3-1-2-4-6(5)10-7;2*2-1-3/h1-4H,(H,8,9);2*1H,(H,2,3). The van der Waals surface area contributed by atoms with Crippen LogP contribution in [0.15, 0.2) is 33.5 Å². The molecule has 1 aromatic carbocycles. The lowest BCUT2D eigenvalue weighted by atomic mass is 10.3. The maximum Gasteiger partial charge on any atom is 0.417 e. The number of rotatable bonds is 0. The summed E-state index contributed by atoms with van der Waals surface area (Å²) in [6.45, 7) is -0.500. The lowest BCUT2D eigenvalue weighted by molar-refractivity contribution is -0.123. The summed E-state index contributed by atoms with van der Waals surface area (Å²) in [6, 6.07) is 7.19. The van der Waals surface area contributed by atoms with Crippen LogP contribution in [0.25, 0.3) is 11.1 Å². The minimum Gasteiger partial charge on any atom is -0.483 e. The van der Waals surface area contributed by atoms with Crippen molar-refractivity contribution in [2.75, 3.05) is 0 Å². The van der Waals surface area contributed by atoms with Gasteiger partial charge >= 0.3 is 5.76 Å². The SMILES string of the molecule is O=CO.O=CO.O=c1[nH]c2ccccc2o1. The van der Waals surface area contributed by atoms with Crippen LogP contribution in [0.2, 0.25) is 0 Å². The zero-order chi connectivity index (χ0) is 12.4. The number of nitrogens with one attached hydrogen (secondary N) is 1. The van der Waals surface area contributed by atoms with E-state index in [9.17, 15) is 4.79 Å². The molecule has 0 saturated heterocycles. The van der Waals surface area contributed by atoms with Crippen molar-refractivity contribution >= 4 is 24.0 Å². The number of aromatic nitrogens is 1. The summed E-state index contributed by atoms with van der Waals surface area (Å²) in [5.41, 5.74) is 1.35. The largest absolute Gasteiger partial charge is 0.483 e. The number of carbonyl (C=O) groups is 2. The fourth-order valence-corrected chi connectivity index (χ4v) is 0.894. The Morgan fingerprint density at radius 1 is 1.12 bits per heavy atom. The third-order valence-electron chi connectivity index (χ3n) is 1.33. The number of carboxylic acid groups (broad SMARTS) is 2. The monoisotopic (exact) mass is 227 g/mol. The Morgan fingerprint density at radius 2 is 1.62 bits per heavy atom. The number of benzene rings is 1. The van der Waals surface area contributed by atoms with Crippen molar-refractivity contribution in [3.8, 4) is 0 Å². The van der Waals surface area contributed by atoms with E-state index in [1.165, 1.54) is 0 Å². The lowest BCUT2D eigenvalue weighted by Crippen LogP contribution is -1.92. The van der Waals surface area contributed by atoms with Gasteiger partial charge in [-0.3, -0.25) is 14.6 Å². The van der Waals surface area contributed by atoms with Gasteiger partial charge in [-0.05, 0) is 12.1 Å². The minimum atomic E-state index is -0.402. The van der Waals surface area contributed by atoms with Crippen LogP contribution < -0.4 is 5.76 Å². The molecule has 3 N–H and O–H groups in total. The van der Waals surface area contributed by atoms with E-state index in [4.69, 9.17) is 24.2 Å². The van der Waals surface area contributed by atoms with E-state index in [1.54, 1.807) is 12.1 Å². The van der Waals surface area contributed by atoms with Crippen molar-refractivity contribution in [1.29, 1.82) is 0 Å². The maximum absolute atomic E-state index is 10.6. The predicted molar refractivity (Wildman–Crippen MR) is 54.2 cm³/mol. The zero-order valence-electron chi connectivity index (χ0n) is 7.99. The van der Waals surface area contributed by atoms with Crippen LogP contribution in [-0.4, -0.2) is 28.1 Å². The molecule has 1 heterocycles. The van der Waals surface area contributed by atoms with Gasteiger partial charge in [0.2, 0.25) is 0 Å². The van der Waals surface area contributed by atoms with Gasteiger partial charge in [-0.1, -0.05) is 12.1 Å². The third-order valence-corrected chi connectivity index (χ3v) is 1.33. The first kappa shape index (κ1) is 13.4.